The van der Waals surface area contributed by atoms with Crippen LogP contribution in [0.2, 0.25) is 0 Å². The van der Waals surface area contributed by atoms with Gasteiger partial charge in [0, 0.05) is 36.4 Å². The van der Waals surface area contributed by atoms with Crippen molar-refractivity contribution >= 4 is 23.4 Å². The van der Waals surface area contributed by atoms with Crippen LogP contribution in [-0.4, -0.2) is 55.0 Å². The Morgan fingerprint density at radius 2 is 2.12 bits per heavy atom. The highest BCUT2D eigenvalue weighted by atomic mass is 19.1. The van der Waals surface area contributed by atoms with Crippen molar-refractivity contribution in [3.63, 3.8) is 0 Å². The van der Waals surface area contributed by atoms with Gasteiger partial charge in [-0.1, -0.05) is 24.3 Å². The van der Waals surface area contributed by atoms with Gasteiger partial charge in [0.1, 0.15) is 12.0 Å². The predicted molar refractivity (Wildman–Crippen MR) is 127 cm³/mol. The molecular formula is C24H27FN6O. The van der Waals surface area contributed by atoms with Crippen LogP contribution in [0.1, 0.15) is 6.42 Å². The summed E-state index contributed by atoms with van der Waals surface area (Å²) in [5.41, 5.74) is 2.58. The van der Waals surface area contributed by atoms with Gasteiger partial charge in [-0.2, -0.15) is 0 Å². The maximum atomic E-state index is 15.2. The molecule has 0 fully saturated rings. The molecule has 2 heterocycles. The van der Waals surface area contributed by atoms with Crippen molar-refractivity contribution in [2.24, 2.45) is 4.99 Å². The number of fused-ring (bicyclic) bond motifs is 1. The molecule has 0 saturated heterocycles. The van der Waals surface area contributed by atoms with E-state index in [4.69, 9.17) is 4.74 Å². The van der Waals surface area contributed by atoms with Gasteiger partial charge in [-0.3, -0.25) is 9.98 Å². The number of hydrogen-bond acceptors (Lipinski definition) is 7. The summed E-state index contributed by atoms with van der Waals surface area (Å²) in [7, 11) is 1.89. The third kappa shape index (κ3) is 6.50. The maximum Gasteiger partial charge on any atom is 0.191 e. The number of nitrogens with zero attached hydrogens (tertiary/aromatic N) is 4. The SMILES string of the molecule is C=N/C=C(\C=C/CCOCCNC)CNc1ncnc(-c2ccc3ncccc3c2)c1F. The van der Waals surface area contributed by atoms with Gasteiger partial charge >= 0.3 is 0 Å². The molecule has 0 saturated carbocycles. The third-order valence-electron chi connectivity index (χ3n) is 4.64. The first-order valence-corrected chi connectivity index (χ1v) is 10.4. The quantitative estimate of drug-likeness (QED) is 0.255. The second kappa shape index (κ2) is 12.4. The number of likely N-dealkylation sites (N-methyl/N-ethyl adjacent to an activating group) is 1. The molecule has 2 N–H and O–H groups in total. The molecule has 0 bridgehead atoms. The average molecular weight is 435 g/mol. The van der Waals surface area contributed by atoms with Gasteiger partial charge in [0.2, 0.25) is 0 Å². The minimum atomic E-state index is -0.511. The standard InChI is InChI=1S/C24H27FN6O/c1-26-11-13-32-12-4-3-6-18(15-27-2)16-29-24-22(25)23(30-17-31-24)20-8-9-21-19(14-20)7-5-10-28-21/h3,5-10,14-15,17,26H,2,4,11-13,16H2,1H3,(H,29,30,31)/b6-3-,18-15+. The van der Waals surface area contributed by atoms with Gasteiger partial charge in [0.25, 0.3) is 0 Å². The molecule has 0 atom stereocenters. The molecule has 0 unspecified atom stereocenters. The molecule has 0 aliphatic rings. The average Bonchev–Trinajstić information content (AvgIpc) is 2.82. The normalized spacial score (nSPS) is 11.9. The van der Waals surface area contributed by atoms with Crippen LogP contribution in [0, 0.1) is 5.82 Å². The zero-order valence-electron chi connectivity index (χ0n) is 18.1. The van der Waals surface area contributed by atoms with E-state index in [0.29, 0.717) is 25.3 Å². The number of benzene rings is 1. The first-order valence-electron chi connectivity index (χ1n) is 10.4. The van der Waals surface area contributed by atoms with Gasteiger partial charge in [-0.15, -0.1) is 0 Å². The molecule has 8 heteroatoms. The molecule has 0 radical (unpaired) electrons. The molecule has 32 heavy (non-hydrogen) atoms. The van der Waals surface area contributed by atoms with Crippen molar-refractivity contribution < 1.29 is 9.13 Å². The number of anilines is 1. The predicted octanol–water partition coefficient (Wildman–Crippen LogP) is 4.01. The van der Waals surface area contributed by atoms with Gasteiger partial charge in [0.15, 0.2) is 11.6 Å². The highest BCUT2D eigenvalue weighted by Gasteiger charge is 2.13. The Bertz CT molecular complexity index is 1100. The number of nitrogens with one attached hydrogen (secondary N) is 2. The molecule has 1 aromatic carbocycles. The Hall–Kier alpha value is -3.49. The lowest BCUT2D eigenvalue weighted by molar-refractivity contribution is 0.142. The van der Waals surface area contributed by atoms with Crippen molar-refractivity contribution in [2.45, 2.75) is 6.42 Å². The number of pyridine rings is 1. The molecule has 0 amide bonds. The second-order valence-electron chi connectivity index (χ2n) is 6.94. The Morgan fingerprint density at radius 3 is 2.97 bits per heavy atom. The highest BCUT2D eigenvalue weighted by Crippen LogP contribution is 2.26. The summed E-state index contributed by atoms with van der Waals surface area (Å²) in [5, 5.41) is 6.97. The van der Waals surface area contributed by atoms with Crippen molar-refractivity contribution in [1.82, 2.24) is 20.3 Å². The second-order valence-corrected chi connectivity index (χ2v) is 6.94. The van der Waals surface area contributed by atoms with Gasteiger partial charge in [-0.05, 0) is 44.0 Å². The highest BCUT2D eigenvalue weighted by molar-refractivity contribution is 5.84. The van der Waals surface area contributed by atoms with E-state index in [-0.39, 0.29) is 11.5 Å². The minimum Gasteiger partial charge on any atom is -0.380 e. The lowest BCUT2D eigenvalue weighted by atomic mass is 10.1. The van der Waals surface area contributed by atoms with E-state index in [9.17, 15) is 0 Å². The lowest BCUT2D eigenvalue weighted by Gasteiger charge is -2.10. The van der Waals surface area contributed by atoms with E-state index < -0.39 is 5.82 Å². The topological polar surface area (TPSA) is 84.3 Å². The van der Waals surface area contributed by atoms with Crippen LogP contribution in [-0.2, 0) is 4.74 Å². The summed E-state index contributed by atoms with van der Waals surface area (Å²) in [6.07, 6.45) is 9.37. The van der Waals surface area contributed by atoms with Crippen LogP contribution in [0.15, 0.2) is 71.8 Å². The van der Waals surface area contributed by atoms with Gasteiger partial charge in [0.05, 0.1) is 18.7 Å². The first-order chi connectivity index (χ1) is 15.7. The molecule has 0 aliphatic carbocycles. The fraction of sp³-hybridized carbons (Fsp3) is 0.250. The number of ether oxygens (including phenoxy) is 1. The molecule has 3 rings (SSSR count). The summed E-state index contributed by atoms with van der Waals surface area (Å²) in [5.74, 6) is -0.386. The van der Waals surface area contributed by atoms with Crippen molar-refractivity contribution in [3.05, 3.63) is 72.6 Å². The fourth-order valence-corrected chi connectivity index (χ4v) is 3.03. The monoisotopic (exact) mass is 434 g/mol. The molecule has 7 nitrogen and oxygen atoms in total. The van der Waals surface area contributed by atoms with E-state index in [1.165, 1.54) is 6.33 Å². The van der Waals surface area contributed by atoms with Crippen molar-refractivity contribution in [1.29, 1.82) is 0 Å². The van der Waals surface area contributed by atoms with Crippen LogP contribution < -0.4 is 10.6 Å². The number of aliphatic imine (C=N–C) groups is 1. The number of aromatic nitrogens is 3. The molecular weight excluding hydrogens is 407 g/mol. The fourth-order valence-electron chi connectivity index (χ4n) is 3.03. The zero-order valence-corrected chi connectivity index (χ0v) is 18.1. The largest absolute Gasteiger partial charge is 0.380 e. The maximum absolute atomic E-state index is 15.2. The van der Waals surface area contributed by atoms with Crippen molar-refractivity contribution in [3.8, 4) is 11.3 Å². The van der Waals surface area contributed by atoms with E-state index >= 15 is 4.39 Å². The van der Waals surface area contributed by atoms with E-state index in [0.717, 1.165) is 29.4 Å². The first kappa shape index (κ1) is 23.2. The van der Waals surface area contributed by atoms with E-state index in [1.54, 1.807) is 18.5 Å². The minimum absolute atomic E-state index is 0.125. The Balaban J connectivity index is 1.66. The Morgan fingerprint density at radius 1 is 1.22 bits per heavy atom. The molecule has 2 aromatic heterocycles. The summed E-state index contributed by atoms with van der Waals surface area (Å²) in [6.45, 7) is 5.97. The molecule has 0 spiro atoms. The van der Waals surface area contributed by atoms with Crippen LogP contribution in [0.5, 0.6) is 0 Å². The van der Waals surface area contributed by atoms with Crippen molar-refractivity contribution in [2.75, 3.05) is 38.7 Å². The third-order valence-corrected chi connectivity index (χ3v) is 4.64. The number of hydrogen-bond donors (Lipinski definition) is 2. The van der Waals surface area contributed by atoms with Crippen LogP contribution in [0.3, 0.4) is 0 Å². The summed E-state index contributed by atoms with van der Waals surface area (Å²) in [4.78, 5) is 16.3. The van der Waals surface area contributed by atoms with Gasteiger partial charge < -0.3 is 15.4 Å². The molecule has 0 aliphatic heterocycles. The number of halogens is 1. The van der Waals surface area contributed by atoms with Crippen LogP contribution in [0.4, 0.5) is 10.2 Å². The summed E-state index contributed by atoms with van der Waals surface area (Å²) < 4.78 is 20.6. The zero-order chi connectivity index (χ0) is 22.6. The molecule has 3 aromatic rings. The number of rotatable bonds is 12. The van der Waals surface area contributed by atoms with Crippen LogP contribution in [0.25, 0.3) is 22.2 Å². The Kier molecular flexibility index (Phi) is 8.97. The van der Waals surface area contributed by atoms with E-state index in [2.05, 4.69) is 37.3 Å². The molecule has 166 valence electrons. The van der Waals surface area contributed by atoms with E-state index in [1.807, 2.05) is 43.5 Å². The smallest absolute Gasteiger partial charge is 0.191 e. The summed E-state index contributed by atoms with van der Waals surface area (Å²) >= 11 is 0. The lowest BCUT2D eigenvalue weighted by Crippen LogP contribution is -2.14. The van der Waals surface area contributed by atoms with Crippen LogP contribution >= 0.6 is 0 Å². The summed E-state index contributed by atoms with van der Waals surface area (Å²) in [6, 6.07) is 9.30. The Labute approximate surface area is 187 Å². The van der Waals surface area contributed by atoms with Gasteiger partial charge in [-0.25, -0.2) is 14.4 Å².